The Morgan fingerprint density at radius 2 is 2.04 bits per heavy atom. The van der Waals surface area contributed by atoms with Crippen LogP contribution in [0.2, 0.25) is 0 Å². The predicted octanol–water partition coefficient (Wildman–Crippen LogP) is 2.76. The molecule has 1 aliphatic rings. The second-order valence-electron chi connectivity index (χ2n) is 4.80. The van der Waals surface area contributed by atoms with E-state index < -0.39 is 23.2 Å². The van der Waals surface area contributed by atoms with Gasteiger partial charge in [-0.2, -0.15) is 0 Å². The summed E-state index contributed by atoms with van der Waals surface area (Å²) in [6.07, 6.45) is 1.49. The number of halogens is 1. The Hall–Kier alpha value is -2.00. The minimum absolute atomic E-state index is 0.0675. The molecule has 0 spiro atoms. The molecule has 1 atom stereocenters. The fraction of sp³-hybridized carbons (Fsp3) is 0.267. The summed E-state index contributed by atoms with van der Waals surface area (Å²) < 4.78 is 10.00. The van der Waals surface area contributed by atoms with E-state index in [0.29, 0.717) is 10.0 Å². The zero-order chi connectivity index (χ0) is 18.0. The Balaban J connectivity index is 2.36. The van der Waals surface area contributed by atoms with Gasteiger partial charge in [-0.3, -0.25) is 14.5 Å². The molecule has 1 fully saturated rings. The van der Waals surface area contributed by atoms with Gasteiger partial charge in [-0.15, -0.1) is 0 Å². The highest BCUT2D eigenvalue weighted by Gasteiger charge is 2.41. The molecule has 0 saturated carbocycles. The molecule has 2 rings (SSSR count). The Morgan fingerprint density at radius 1 is 1.38 bits per heavy atom. The molecule has 0 radical (unpaired) electrons. The first-order valence-electron chi connectivity index (χ1n) is 6.71. The summed E-state index contributed by atoms with van der Waals surface area (Å²) >= 11 is 3.92. The third-order valence-corrected chi connectivity index (χ3v) is 4.81. The summed E-state index contributed by atoms with van der Waals surface area (Å²) in [5.41, 5.74) is 0.549. The smallest absolute Gasteiger partial charge is 0.328 e. The van der Waals surface area contributed by atoms with Crippen molar-refractivity contribution in [2.45, 2.75) is 13.0 Å². The lowest BCUT2D eigenvalue weighted by Crippen LogP contribution is -2.42. The zero-order valence-electron chi connectivity index (χ0n) is 13.0. The summed E-state index contributed by atoms with van der Waals surface area (Å²) in [6.45, 7) is 1.42. The number of phenols is 1. The van der Waals surface area contributed by atoms with Gasteiger partial charge in [-0.1, -0.05) is 0 Å². The van der Waals surface area contributed by atoms with Gasteiger partial charge >= 0.3 is 5.97 Å². The van der Waals surface area contributed by atoms with Crippen LogP contribution in [0.4, 0.5) is 4.79 Å². The topological polar surface area (TPSA) is 93.1 Å². The molecular weight excluding hydrogens is 402 g/mol. The van der Waals surface area contributed by atoms with Gasteiger partial charge in [-0.05, 0) is 58.4 Å². The van der Waals surface area contributed by atoms with E-state index in [4.69, 9.17) is 4.74 Å². The highest BCUT2D eigenvalue weighted by atomic mass is 79.9. The number of imide groups is 1. The van der Waals surface area contributed by atoms with Crippen LogP contribution in [0.15, 0.2) is 21.5 Å². The van der Waals surface area contributed by atoms with E-state index in [0.717, 1.165) is 16.7 Å². The maximum absolute atomic E-state index is 12.4. The second kappa shape index (κ2) is 7.27. The predicted molar refractivity (Wildman–Crippen MR) is 91.6 cm³/mol. The van der Waals surface area contributed by atoms with Crippen LogP contribution < -0.4 is 4.74 Å². The van der Waals surface area contributed by atoms with Gasteiger partial charge in [-0.25, -0.2) is 4.79 Å². The minimum Gasteiger partial charge on any atom is -0.503 e. The monoisotopic (exact) mass is 415 g/mol. The van der Waals surface area contributed by atoms with E-state index in [1.807, 2.05) is 0 Å². The molecule has 128 valence electrons. The van der Waals surface area contributed by atoms with Crippen molar-refractivity contribution in [1.29, 1.82) is 0 Å². The summed E-state index contributed by atoms with van der Waals surface area (Å²) in [6, 6.07) is 2.10. The molecule has 1 aromatic carbocycles. The number of esters is 1. The summed E-state index contributed by atoms with van der Waals surface area (Å²) in [4.78, 5) is 37.0. The average molecular weight is 416 g/mol. The maximum atomic E-state index is 12.4. The Labute approximate surface area is 150 Å². The van der Waals surface area contributed by atoms with Crippen LogP contribution in [0.25, 0.3) is 6.08 Å². The molecule has 24 heavy (non-hydrogen) atoms. The van der Waals surface area contributed by atoms with Crippen LogP contribution in [0.3, 0.4) is 0 Å². The lowest BCUT2D eigenvalue weighted by atomic mass is 10.1. The van der Waals surface area contributed by atoms with E-state index in [1.165, 1.54) is 33.3 Å². The van der Waals surface area contributed by atoms with Crippen LogP contribution in [0.1, 0.15) is 12.5 Å². The van der Waals surface area contributed by atoms with Crippen molar-refractivity contribution in [3.05, 3.63) is 27.1 Å². The van der Waals surface area contributed by atoms with Crippen LogP contribution in [-0.4, -0.2) is 47.4 Å². The molecule has 1 unspecified atom stereocenters. The zero-order valence-corrected chi connectivity index (χ0v) is 15.4. The van der Waals surface area contributed by atoms with Gasteiger partial charge < -0.3 is 14.6 Å². The standard InChI is InChI=1S/C15H14BrNO6S/c1-7(14(20)23-3)17-13(19)11(24-15(17)21)6-8-4-9(16)12(18)10(5-8)22-2/h4-7,18H,1-3H3/b11-6+. The van der Waals surface area contributed by atoms with Gasteiger partial charge in [0.15, 0.2) is 11.5 Å². The third kappa shape index (κ3) is 3.41. The molecule has 0 aromatic heterocycles. The molecule has 1 heterocycles. The van der Waals surface area contributed by atoms with E-state index in [-0.39, 0.29) is 16.4 Å². The number of methoxy groups -OCH3 is 2. The van der Waals surface area contributed by atoms with Crippen LogP contribution in [-0.2, 0) is 14.3 Å². The van der Waals surface area contributed by atoms with Crippen molar-refractivity contribution in [3.8, 4) is 11.5 Å². The van der Waals surface area contributed by atoms with E-state index in [2.05, 4.69) is 20.7 Å². The molecule has 1 aromatic rings. The lowest BCUT2D eigenvalue weighted by Gasteiger charge is -2.18. The number of aromatic hydroxyl groups is 1. The molecule has 0 bridgehead atoms. The van der Waals surface area contributed by atoms with E-state index >= 15 is 0 Å². The maximum Gasteiger partial charge on any atom is 0.328 e. The fourth-order valence-corrected chi connectivity index (χ4v) is 3.44. The molecule has 2 amide bonds. The van der Waals surface area contributed by atoms with Gasteiger partial charge in [0.25, 0.3) is 11.1 Å². The SMILES string of the molecule is COC(=O)C(C)N1C(=O)S/C(=C/c2cc(Br)c(O)c(OC)c2)C1=O. The summed E-state index contributed by atoms with van der Waals surface area (Å²) in [5, 5.41) is 9.25. The second-order valence-corrected chi connectivity index (χ2v) is 6.65. The van der Waals surface area contributed by atoms with Crippen molar-refractivity contribution < 1.29 is 29.0 Å². The number of phenolic OH excluding ortho intramolecular Hbond substituents is 1. The van der Waals surface area contributed by atoms with Crippen molar-refractivity contribution in [2.24, 2.45) is 0 Å². The molecule has 1 saturated heterocycles. The number of ether oxygens (including phenoxy) is 2. The first-order valence-corrected chi connectivity index (χ1v) is 8.32. The Bertz CT molecular complexity index is 748. The Morgan fingerprint density at radius 3 is 2.62 bits per heavy atom. The number of carbonyl (C=O) groups is 3. The highest BCUT2D eigenvalue weighted by Crippen LogP contribution is 2.38. The van der Waals surface area contributed by atoms with Gasteiger partial charge in [0.05, 0.1) is 23.6 Å². The highest BCUT2D eigenvalue weighted by molar-refractivity contribution is 9.10. The number of amides is 2. The van der Waals surface area contributed by atoms with Crippen molar-refractivity contribution in [1.82, 2.24) is 4.90 Å². The first kappa shape index (κ1) is 18.3. The minimum atomic E-state index is -1.01. The van der Waals surface area contributed by atoms with Crippen molar-refractivity contribution in [3.63, 3.8) is 0 Å². The number of hydrogen-bond acceptors (Lipinski definition) is 7. The number of rotatable bonds is 4. The lowest BCUT2D eigenvalue weighted by molar-refractivity contribution is -0.148. The van der Waals surface area contributed by atoms with E-state index in [1.54, 1.807) is 6.07 Å². The van der Waals surface area contributed by atoms with Crippen LogP contribution >= 0.6 is 27.7 Å². The molecule has 1 N–H and O–H groups in total. The number of thioether (sulfide) groups is 1. The molecular formula is C15H14BrNO6S. The van der Waals surface area contributed by atoms with Crippen molar-refractivity contribution in [2.75, 3.05) is 14.2 Å². The number of nitrogens with zero attached hydrogens (tertiary/aromatic N) is 1. The van der Waals surface area contributed by atoms with Gasteiger partial charge in [0.2, 0.25) is 0 Å². The number of hydrogen-bond donors (Lipinski definition) is 1. The number of benzene rings is 1. The van der Waals surface area contributed by atoms with Gasteiger partial charge in [0.1, 0.15) is 6.04 Å². The third-order valence-electron chi connectivity index (χ3n) is 3.32. The Kier molecular flexibility index (Phi) is 5.55. The van der Waals surface area contributed by atoms with Crippen molar-refractivity contribution >= 4 is 50.9 Å². The quantitative estimate of drug-likeness (QED) is 0.596. The molecule has 9 heteroatoms. The molecule has 7 nitrogen and oxygen atoms in total. The fourth-order valence-electron chi connectivity index (χ4n) is 2.07. The normalized spacial score (nSPS) is 17.3. The number of carbonyl (C=O) groups excluding carboxylic acids is 3. The van der Waals surface area contributed by atoms with Crippen LogP contribution in [0.5, 0.6) is 11.5 Å². The van der Waals surface area contributed by atoms with Gasteiger partial charge in [0, 0.05) is 0 Å². The average Bonchev–Trinajstić information content (AvgIpc) is 2.83. The first-order chi connectivity index (χ1) is 11.3. The largest absolute Gasteiger partial charge is 0.503 e. The summed E-state index contributed by atoms with van der Waals surface area (Å²) in [7, 11) is 2.59. The molecule has 1 aliphatic heterocycles. The van der Waals surface area contributed by atoms with E-state index in [9.17, 15) is 19.5 Å². The summed E-state index contributed by atoms with van der Waals surface area (Å²) in [5.74, 6) is -1.10. The van der Waals surface area contributed by atoms with Crippen LogP contribution in [0, 0.1) is 0 Å². The molecule has 0 aliphatic carbocycles.